The van der Waals surface area contributed by atoms with Crippen LogP contribution in [0, 0.1) is 16.7 Å². The van der Waals surface area contributed by atoms with Gasteiger partial charge in [0, 0.05) is 27.8 Å². The monoisotopic (exact) mass is 326 g/mol. The van der Waals surface area contributed by atoms with E-state index in [9.17, 15) is 5.26 Å². The van der Waals surface area contributed by atoms with Crippen LogP contribution in [0.1, 0.15) is 57.2 Å². The van der Waals surface area contributed by atoms with Gasteiger partial charge in [-0.05, 0) is 40.9 Å². The summed E-state index contributed by atoms with van der Waals surface area (Å²) in [6.45, 7) is 9.73. The molecule has 3 aromatic rings. The van der Waals surface area contributed by atoms with Gasteiger partial charge in [-0.1, -0.05) is 52.0 Å². The Balaban J connectivity index is 1.96. The second-order valence-corrected chi connectivity index (χ2v) is 8.81. The van der Waals surface area contributed by atoms with Gasteiger partial charge in [0.05, 0.1) is 17.1 Å². The van der Waals surface area contributed by atoms with Gasteiger partial charge >= 0.3 is 0 Å². The quantitative estimate of drug-likeness (QED) is 0.504. The van der Waals surface area contributed by atoms with E-state index >= 15 is 0 Å². The Morgan fingerprint density at radius 2 is 1.64 bits per heavy atom. The number of benzene rings is 2. The van der Waals surface area contributed by atoms with Crippen molar-refractivity contribution in [2.75, 3.05) is 0 Å². The number of hydrogen-bond acceptors (Lipinski definition) is 2. The highest BCUT2D eigenvalue weighted by atomic mass is 14.8. The molecule has 0 spiro atoms. The lowest BCUT2D eigenvalue weighted by Crippen LogP contribution is -2.37. The fourth-order valence-corrected chi connectivity index (χ4v) is 5.77. The van der Waals surface area contributed by atoms with Crippen molar-refractivity contribution in [2.45, 2.75) is 51.4 Å². The van der Waals surface area contributed by atoms with Crippen LogP contribution in [0.4, 0.5) is 0 Å². The molecule has 0 aliphatic heterocycles. The van der Waals surface area contributed by atoms with E-state index in [1.807, 2.05) is 12.1 Å². The van der Waals surface area contributed by atoms with Crippen molar-refractivity contribution in [2.24, 2.45) is 5.41 Å². The Hall–Kier alpha value is -2.40. The van der Waals surface area contributed by atoms with Crippen LogP contribution in [0.5, 0.6) is 0 Å². The van der Waals surface area contributed by atoms with Crippen molar-refractivity contribution in [3.63, 3.8) is 0 Å². The fourth-order valence-electron chi connectivity index (χ4n) is 5.77. The van der Waals surface area contributed by atoms with E-state index in [-0.39, 0.29) is 16.2 Å². The third-order valence-electron chi connectivity index (χ3n) is 8.05. The van der Waals surface area contributed by atoms with E-state index in [1.54, 1.807) is 0 Å². The summed E-state index contributed by atoms with van der Waals surface area (Å²) in [4.78, 5) is 4.91. The molecule has 2 aliphatic carbocycles. The number of rotatable bonds is 0. The Kier molecular flexibility index (Phi) is 2.52. The first-order chi connectivity index (χ1) is 11.8. The third-order valence-corrected chi connectivity index (χ3v) is 8.05. The molecule has 1 aromatic heterocycles. The summed E-state index contributed by atoms with van der Waals surface area (Å²) in [7, 11) is 0. The van der Waals surface area contributed by atoms with Crippen molar-refractivity contribution in [3.8, 4) is 6.07 Å². The summed E-state index contributed by atoms with van der Waals surface area (Å²) >= 11 is 0. The molecule has 0 radical (unpaired) electrons. The summed E-state index contributed by atoms with van der Waals surface area (Å²) in [5.41, 5.74) is 5.31. The van der Waals surface area contributed by atoms with Gasteiger partial charge in [0.25, 0.3) is 0 Å². The smallest absolute Gasteiger partial charge is 0.0998 e. The van der Waals surface area contributed by atoms with Crippen molar-refractivity contribution < 1.29 is 0 Å². The first kappa shape index (κ1) is 14.9. The molecule has 2 aromatic carbocycles. The van der Waals surface area contributed by atoms with E-state index in [0.717, 1.165) is 21.9 Å². The summed E-state index contributed by atoms with van der Waals surface area (Å²) < 4.78 is 0. The van der Waals surface area contributed by atoms with Crippen molar-refractivity contribution in [1.29, 1.82) is 5.26 Å². The lowest BCUT2D eigenvalue weighted by Gasteiger charge is -2.39. The van der Waals surface area contributed by atoms with Crippen molar-refractivity contribution in [1.82, 2.24) is 4.98 Å². The number of nitrogens with zero attached hydrogens (tertiary/aromatic N) is 2. The van der Waals surface area contributed by atoms with Crippen LogP contribution in [0.3, 0.4) is 0 Å². The molecule has 5 rings (SSSR count). The van der Waals surface area contributed by atoms with Crippen LogP contribution in [0.2, 0.25) is 0 Å². The van der Waals surface area contributed by atoms with Gasteiger partial charge in [0.15, 0.2) is 0 Å². The number of fused-ring (bicyclic) bond motifs is 9. The summed E-state index contributed by atoms with van der Waals surface area (Å²) in [6, 6.07) is 12.6. The molecule has 124 valence electrons. The minimum Gasteiger partial charge on any atom is -0.255 e. The lowest BCUT2D eigenvalue weighted by molar-refractivity contribution is 0.172. The van der Waals surface area contributed by atoms with Crippen molar-refractivity contribution >= 4 is 21.7 Å². The highest BCUT2D eigenvalue weighted by Gasteiger charge is 2.66. The second kappa shape index (κ2) is 4.22. The Labute approximate surface area is 148 Å². The Bertz CT molecular complexity index is 1120. The molecule has 2 bridgehead atoms. The van der Waals surface area contributed by atoms with E-state index in [2.05, 4.69) is 58.2 Å². The van der Waals surface area contributed by atoms with Crippen LogP contribution in [0.25, 0.3) is 21.7 Å². The molecule has 0 saturated heterocycles. The summed E-state index contributed by atoms with van der Waals surface area (Å²) in [6.07, 6.45) is 4.60. The minimum absolute atomic E-state index is 0.179. The molecule has 1 heterocycles. The number of aromatic nitrogens is 1. The molecule has 2 nitrogen and oxygen atoms in total. The van der Waals surface area contributed by atoms with E-state index in [4.69, 9.17) is 4.98 Å². The van der Waals surface area contributed by atoms with Gasteiger partial charge in [-0.25, -0.2) is 0 Å². The second-order valence-electron chi connectivity index (χ2n) is 8.81. The highest BCUT2D eigenvalue weighted by Crippen LogP contribution is 2.71. The van der Waals surface area contributed by atoms with E-state index in [0.29, 0.717) is 0 Å². The number of hydrogen-bond donors (Lipinski definition) is 0. The SMILES string of the molecule is CC12CCC(C)(c3c1cnc1c3ccc3c(C#N)cccc31)C2(C)C. The van der Waals surface area contributed by atoms with Gasteiger partial charge in [-0.2, -0.15) is 5.26 Å². The third kappa shape index (κ3) is 1.41. The molecule has 1 saturated carbocycles. The highest BCUT2D eigenvalue weighted by molar-refractivity contribution is 6.08. The van der Waals surface area contributed by atoms with E-state index in [1.165, 1.54) is 29.4 Å². The molecule has 2 aliphatic rings. The molecular formula is C23H22N2. The predicted octanol–water partition coefficient (Wildman–Crippen LogP) is 5.61. The van der Waals surface area contributed by atoms with Crippen LogP contribution in [-0.4, -0.2) is 4.98 Å². The van der Waals surface area contributed by atoms with Crippen LogP contribution in [-0.2, 0) is 10.8 Å². The van der Waals surface area contributed by atoms with Gasteiger partial charge in [-0.3, -0.25) is 4.98 Å². The summed E-state index contributed by atoms with van der Waals surface area (Å²) in [5.74, 6) is 0. The van der Waals surface area contributed by atoms with E-state index < -0.39 is 0 Å². The van der Waals surface area contributed by atoms with Gasteiger partial charge in [-0.15, -0.1) is 0 Å². The molecule has 0 amide bonds. The summed E-state index contributed by atoms with van der Waals surface area (Å²) in [5, 5.41) is 12.8. The Morgan fingerprint density at radius 1 is 0.920 bits per heavy atom. The van der Waals surface area contributed by atoms with Gasteiger partial charge in [0.2, 0.25) is 0 Å². The van der Waals surface area contributed by atoms with Crippen molar-refractivity contribution in [3.05, 3.63) is 53.2 Å². The molecule has 1 fully saturated rings. The average molecular weight is 326 g/mol. The first-order valence-electron chi connectivity index (χ1n) is 9.11. The van der Waals surface area contributed by atoms with Crippen LogP contribution in [0.15, 0.2) is 36.5 Å². The standard InChI is InChI=1S/C23H22N2/c1-21(2)22(3)10-11-23(21,4)19-17-9-8-15-14(12-24)6-5-7-16(15)20(17)25-13-18(19)22/h5-9,13H,10-11H2,1-4H3. The molecular weight excluding hydrogens is 304 g/mol. The lowest BCUT2D eigenvalue weighted by atomic mass is 9.64. The average Bonchev–Trinajstić information content (AvgIpc) is 2.88. The zero-order valence-electron chi connectivity index (χ0n) is 15.3. The molecule has 2 atom stereocenters. The molecule has 0 N–H and O–H groups in total. The normalized spacial score (nSPS) is 29.1. The molecule has 2 unspecified atom stereocenters. The number of pyridine rings is 1. The predicted molar refractivity (Wildman–Crippen MR) is 102 cm³/mol. The zero-order chi connectivity index (χ0) is 17.6. The maximum Gasteiger partial charge on any atom is 0.0998 e. The maximum absolute atomic E-state index is 9.42. The number of nitriles is 1. The fraction of sp³-hybridized carbons (Fsp3) is 0.391. The largest absolute Gasteiger partial charge is 0.255 e. The van der Waals surface area contributed by atoms with Gasteiger partial charge in [0.1, 0.15) is 0 Å². The topological polar surface area (TPSA) is 36.7 Å². The Morgan fingerprint density at radius 3 is 2.40 bits per heavy atom. The molecule has 2 heteroatoms. The van der Waals surface area contributed by atoms with Crippen LogP contribution < -0.4 is 0 Å². The minimum atomic E-state index is 0.179. The molecule has 25 heavy (non-hydrogen) atoms. The maximum atomic E-state index is 9.42. The first-order valence-corrected chi connectivity index (χ1v) is 9.11. The van der Waals surface area contributed by atoms with Gasteiger partial charge < -0.3 is 0 Å². The van der Waals surface area contributed by atoms with Crippen LogP contribution >= 0.6 is 0 Å². The zero-order valence-corrected chi connectivity index (χ0v) is 15.3.